The molecule has 0 spiro atoms. The van der Waals surface area contributed by atoms with Gasteiger partial charge in [-0.15, -0.1) is 10.2 Å². The van der Waals surface area contributed by atoms with Crippen LogP contribution in [0.2, 0.25) is 0 Å². The zero-order valence-electron chi connectivity index (χ0n) is 46.5. The van der Waals surface area contributed by atoms with Crippen molar-refractivity contribution in [1.29, 1.82) is 0 Å². The van der Waals surface area contributed by atoms with Crippen LogP contribution in [-0.2, 0) is 0 Å². The van der Waals surface area contributed by atoms with Crippen molar-refractivity contribution in [3.8, 4) is 11.4 Å². The van der Waals surface area contributed by atoms with Crippen LogP contribution in [0.3, 0.4) is 0 Å². The second-order valence-electron chi connectivity index (χ2n) is 26.4. The predicted molar refractivity (Wildman–Crippen MR) is 297 cm³/mol. The minimum absolute atomic E-state index is 0.0172. The Bertz CT molecular complexity index is 2370. The van der Waals surface area contributed by atoms with Crippen molar-refractivity contribution in [2.45, 2.75) is 164 Å². The maximum absolute atomic E-state index is 4.78. The number of nitrogens with zero attached hydrogens (tertiary/aromatic N) is 10. The fourth-order valence-electron chi connectivity index (χ4n) is 7.25. The first kappa shape index (κ1) is 56.1. The number of rotatable bonds is 0. The van der Waals surface area contributed by atoms with Crippen molar-refractivity contribution in [2.75, 3.05) is 18.0 Å². The lowest BCUT2D eigenvalue weighted by molar-refractivity contribution is 0.316. The monoisotopic (exact) mass is 937 g/mol. The third-order valence-electron chi connectivity index (χ3n) is 10.0. The van der Waals surface area contributed by atoms with Crippen LogP contribution in [0.4, 0.5) is 5.69 Å². The molecule has 69 heavy (non-hydrogen) atoms. The van der Waals surface area contributed by atoms with Gasteiger partial charge >= 0.3 is 0 Å². The molecule has 0 fully saturated rings. The van der Waals surface area contributed by atoms with E-state index < -0.39 is 0 Å². The van der Waals surface area contributed by atoms with Crippen LogP contribution in [-0.4, -0.2) is 67.9 Å². The molecule has 3 aromatic carbocycles. The Morgan fingerprint density at radius 1 is 0.449 bits per heavy atom. The molecule has 0 N–H and O–H groups in total. The van der Waals surface area contributed by atoms with Crippen LogP contribution in [0.1, 0.15) is 186 Å². The summed E-state index contributed by atoms with van der Waals surface area (Å²) in [6.45, 7) is 47.9. The lowest BCUT2D eigenvalue weighted by atomic mass is 9.86. The van der Waals surface area contributed by atoms with E-state index in [0.717, 1.165) is 53.1 Å². The molecule has 4 aliphatic rings. The zero-order chi connectivity index (χ0) is 51.8. The number of aromatic nitrogens is 5. The molecule has 3 unspecified atom stereocenters. The van der Waals surface area contributed by atoms with E-state index in [1.165, 1.54) is 11.3 Å². The van der Waals surface area contributed by atoms with Crippen molar-refractivity contribution < 1.29 is 0 Å². The average Bonchev–Trinajstić information content (AvgIpc) is 3.93. The molecule has 0 saturated heterocycles. The Kier molecular flexibility index (Phi) is 18.3. The summed E-state index contributed by atoms with van der Waals surface area (Å²) >= 11 is 0. The largest absolute Gasteiger partial charge is 0.326 e. The fourth-order valence-corrected chi connectivity index (χ4v) is 7.25. The van der Waals surface area contributed by atoms with E-state index in [2.05, 4.69) is 219 Å². The van der Waals surface area contributed by atoms with Gasteiger partial charge in [-0.25, -0.2) is 4.98 Å². The van der Waals surface area contributed by atoms with Gasteiger partial charge in [-0.2, -0.15) is 0 Å². The van der Waals surface area contributed by atoms with Gasteiger partial charge in [-0.05, 0) is 50.7 Å². The van der Waals surface area contributed by atoms with E-state index in [9.17, 15) is 0 Å². The second-order valence-corrected chi connectivity index (χ2v) is 26.4. The van der Waals surface area contributed by atoms with Gasteiger partial charge in [0.05, 0.1) is 23.6 Å². The molecule has 3 atom stereocenters. The highest BCUT2D eigenvalue weighted by Crippen LogP contribution is 2.39. The smallest absolute Gasteiger partial charge is 0.162 e. The van der Waals surface area contributed by atoms with E-state index in [-0.39, 0.29) is 34.4 Å². The predicted octanol–water partition coefficient (Wildman–Crippen LogP) is 15.1. The fraction of sp³-hybridized carbons (Fsp3) is 0.542. The lowest BCUT2D eigenvalue weighted by Crippen LogP contribution is -2.41. The van der Waals surface area contributed by atoms with E-state index in [0.29, 0.717) is 16.2 Å². The molecule has 0 aliphatic carbocycles. The van der Waals surface area contributed by atoms with E-state index in [4.69, 9.17) is 20.0 Å². The minimum atomic E-state index is 0.0172. The van der Waals surface area contributed by atoms with E-state index in [1.807, 2.05) is 59.9 Å². The number of amidine groups is 1. The first-order valence-corrected chi connectivity index (χ1v) is 24.8. The highest BCUT2D eigenvalue weighted by Gasteiger charge is 2.37. The number of aliphatic imine (C=N–C) groups is 4. The van der Waals surface area contributed by atoms with Crippen molar-refractivity contribution >= 4 is 30.2 Å². The van der Waals surface area contributed by atoms with E-state index in [1.54, 1.807) is 6.33 Å². The molecule has 10 nitrogen and oxygen atoms in total. The maximum atomic E-state index is 4.78. The number of anilines is 1. The molecule has 0 saturated carbocycles. The number of para-hydroxylation sites is 3. The molecule has 4 aliphatic heterocycles. The molecule has 10 heteroatoms. The van der Waals surface area contributed by atoms with Crippen molar-refractivity contribution in [2.24, 2.45) is 52.5 Å². The topological polar surface area (TPSA) is 101 Å². The highest BCUT2D eigenvalue weighted by molar-refractivity contribution is 6.09. The summed E-state index contributed by atoms with van der Waals surface area (Å²) < 4.78 is 4.19. The second kappa shape index (κ2) is 22.5. The Labute approximate surface area is 418 Å². The van der Waals surface area contributed by atoms with Gasteiger partial charge < -0.3 is 9.47 Å². The molecule has 374 valence electrons. The normalized spacial score (nSPS) is 17.8. The summed E-state index contributed by atoms with van der Waals surface area (Å²) in [4.78, 5) is 25.8. The quantitative estimate of drug-likeness (QED) is 0.154. The Balaban J connectivity index is 0.000000196. The van der Waals surface area contributed by atoms with Gasteiger partial charge in [0.25, 0.3) is 0 Å². The SMILES string of the molecule is CC(C)(C)C.CC(C)(C)C.CC(C)(C)C.CC(C)(C)C1N=Cc2ccccc2-n2ccnc21.CC(C)(C)C1N=Cc2ccccc2-n2cnnc21.CC(C)(C)C1N=Cc2ccccc2N2CCN=C12. The van der Waals surface area contributed by atoms with Crippen LogP contribution >= 0.6 is 0 Å². The van der Waals surface area contributed by atoms with Gasteiger partial charge in [0.2, 0.25) is 0 Å². The molecule has 0 amide bonds. The molecule has 2 aromatic heterocycles. The van der Waals surface area contributed by atoms with Gasteiger partial charge in [0, 0.05) is 54.3 Å². The summed E-state index contributed by atoms with van der Waals surface area (Å²) in [6, 6.07) is 25.1. The molecule has 0 bridgehead atoms. The van der Waals surface area contributed by atoms with Crippen molar-refractivity contribution in [1.82, 2.24) is 24.3 Å². The number of hydrogen-bond donors (Lipinski definition) is 0. The van der Waals surface area contributed by atoms with Gasteiger partial charge in [0.15, 0.2) is 5.82 Å². The number of hydrogen-bond acceptors (Lipinski definition) is 8. The molecular formula is C59H88N10. The van der Waals surface area contributed by atoms with Crippen LogP contribution in [0.15, 0.2) is 111 Å². The van der Waals surface area contributed by atoms with Gasteiger partial charge in [-0.1, -0.05) is 200 Å². The number of fused-ring (bicyclic) bond motifs is 9. The molecule has 0 radical (unpaired) electrons. The van der Waals surface area contributed by atoms with Crippen LogP contribution in [0.5, 0.6) is 0 Å². The summed E-state index contributed by atoms with van der Waals surface area (Å²) in [5, 5.41) is 8.31. The molecule has 6 heterocycles. The van der Waals surface area contributed by atoms with Crippen molar-refractivity contribution in [3.63, 3.8) is 0 Å². The summed E-state index contributed by atoms with van der Waals surface area (Å²) in [7, 11) is 0. The van der Waals surface area contributed by atoms with Gasteiger partial charge in [0.1, 0.15) is 36.1 Å². The first-order valence-electron chi connectivity index (χ1n) is 24.8. The molecule has 9 rings (SSSR count). The van der Waals surface area contributed by atoms with Crippen LogP contribution < -0.4 is 4.90 Å². The summed E-state index contributed by atoms with van der Waals surface area (Å²) in [5.41, 5.74) is 8.59. The van der Waals surface area contributed by atoms with Crippen LogP contribution in [0.25, 0.3) is 11.4 Å². The average molecular weight is 937 g/mol. The minimum Gasteiger partial charge on any atom is -0.326 e. The maximum Gasteiger partial charge on any atom is 0.162 e. The van der Waals surface area contributed by atoms with E-state index >= 15 is 0 Å². The third kappa shape index (κ3) is 17.4. The highest BCUT2D eigenvalue weighted by atomic mass is 15.3. The molecular weight excluding hydrogens is 849 g/mol. The lowest BCUT2D eigenvalue weighted by Gasteiger charge is -2.31. The number of benzene rings is 3. The van der Waals surface area contributed by atoms with Crippen molar-refractivity contribution in [3.05, 3.63) is 120 Å². The first-order chi connectivity index (χ1) is 31.7. The Morgan fingerprint density at radius 2 is 0.826 bits per heavy atom. The van der Waals surface area contributed by atoms with Gasteiger partial charge in [-0.3, -0.25) is 24.5 Å². The zero-order valence-corrected chi connectivity index (χ0v) is 46.5. The summed E-state index contributed by atoms with van der Waals surface area (Å²) in [5.74, 6) is 3.05. The van der Waals surface area contributed by atoms with Crippen LogP contribution in [0, 0.1) is 32.5 Å². The molecule has 5 aromatic rings. The third-order valence-corrected chi connectivity index (χ3v) is 10.0. The number of imidazole rings is 1. The standard InChI is InChI=1S/C15H19N3.C15H17N3.C14H16N4.3C5H12/c2*1-15(2,3)13-14-16-8-9-18(14)12-7-5-4-6-11(12)10-17-13;1-14(2,3)12-13-17-16-9-18(13)11-7-5-4-6-10(11)8-15-12;3*1-5(2,3)4/h4-7,10,13H,8-9H2,1-3H3;4-10,13H,1-3H3;4-9,12H,1-3H3;3*1-4H3. The summed E-state index contributed by atoms with van der Waals surface area (Å²) in [6.07, 6.45) is 11.6. The Morgan fingerprint density at radius 3 is 1.28 bits per heavy atom. The Hall–Kier alpha value is -5.51.